The first-order chi connectivity index (χ1) is 12.3. The third-order valence-corrected chi connectivity index (χ3v) is 5.59. The van der Waals surface area contributed by atoms with Crippen molar-refractivity contribution >= 4 is 21.7 Å². The molecule has 6 nitrogen and oxygen atoms in total. The summed E-state index contributed by atoms with van der Waals surface area (Å²) in [6.45, 7) is 0.864. The number of likely N-dealkylation sites (tertiary alicyclic amines) is 1. The topological polar surface area (TPSA) is 80.8 Å². The maximum absolute atomic E-state index is 12.5. The van der Waals surface area contributed by atoms with Gasteiger partial charge in [-0.2, -0.15) is 8.78 Å². The highest BCUT2D eigenvalue weighted by Crippen LogP contribution is 2.19. The van der Waals surface area contributed by atoms with E-state index >= 15 is 0 Å². The second-order valence-corrected chi connectivity index (χ2v) is 7.97. The Morgan fingerprint density at radius 1 is 1.00 bits per heavy atom. The van der Waals surface area contributed by atoms with Crippen LogP contribution in [0.5, 0.6) is 0 Å². The van der Waals surface area contributed by atoms with Crippen LogP contribution < -0.4 is 0 Å². The number of benzene rings is 1. The Hall–Kier alpha value is -2.03. The Labute approximate surface area is 151 Å². The summed E-state index contributed by atoms with van der Waals surface area (Å²) in [7, 11) is -4.71. The molecule has 1 aromatic carbocycles. The number of hydrogen-bond acceptors (Lipinski definition) is 5. The van der Waals surface area contributed by atoms with Crippen LogP contribution >= 0.6 is 0 Å². The van der Waals surface area contributed by atoms with E-state index in [2.05, 4.69) is 0 Å². The molecule has 144 valence electrons. The summed E-state index contributed by atoms with van der Waals surface area (Å²) in [5.41, 5.74) is -0.0151. The van der Waals surface area contributed by atoms with Gasteiger partial charge in [-0.05, 0) is 37.1 Å². The summed E-state index contributed by atoms with van der Waals surface area (Å²) in [6, 6.07) is 3.99. The van der Waals surface area contributed by atoms with Crippen molar-refractivity contribution in [2.24, 2.45) is 0 Å². The fourth-order valence-corrected chi connectivity index (χ4v) is 3.40. The number of alkyl halides is 2. The second kappa shape index (κ2) is 9.07. The van der Waals surface area contributed by atoms with Gasteiger partial charge in [-0.3, -0.25) is 4.79 Å². The van der Waals surface area contributed by atoms with Crippen LogP contribution in [-0.2, 0) is 19.4 Å². The van der Waals surface area contributed by atoms with Crippen molar-refractivity contribution in [1.82, 2.24) is 4.90 Å². The molecule has 1 aromatic rings. The van der Waals surface area contributed by atoms with Crippen molar-refractivity contribution in [1.29, 1.82) is 0 Å². The minimum atomic E-state index is -4.71. The monoisotopic (exact) mass is 389 g/mol. The predicted molar refractivity (Wildman–Crippen MR) is 89.6 cm³/mol. The first kappa shape index (κ1) is 20.3. The molecule has 0 radical (unpaired) electrons. The van der Waals surface area contributed by atoms with Gasteiger partial charge < -0.3 is 9.64 Å². The van der Waals surface area contributed by atoms with E-state index in [-0.39, 0.29) is 11.5 Å². The SMILES string of the molecule is O=C(OCC(=O)N1CCCCCCC1)c1ccc(S(=O)(=O)C(F)F)cc1. The first-order valence-corrected chi connectivity index (χ1v) is 9.94. The average molecular weight is 389 g/mol. The van der Waals surface area contributed by atoms with Crippen molar-refractivity contribution in [2.45, 2.75) is 42.8 Å². The molecular weight excluding hydrogens is 368 g/mol. The van der Waals surface area contributed by atoms with Crippen molar-refractivity contribution in [2.75, 3.05) is 19.7 Å². The standard InChI is InChI=1S/C17H21F2NO5S/c18-17(19)26(23,24)14-8-6-13(7-9-14)16(22)25-12-15(21)20-10-4-2-1-3-5-11-20/h6-9,17H,1-5,10-12H2. The zero-order valence-corrected chi connectivity index (χ0v) is 15.0. The zero-order chi connectivity index (χ0) is 19.2. The number of rotatable bonds is 5. The van der Waals surface area contributed by atoms with Crippen LogP contribution in [0.2, 0.25) is 0 Å². The minimum absolute atomic E-state index is 0.0151. The first-order valence-electron chi connectivity index (χ1n) is 8.39. The van der Waals surface area contributed by atoms with Gasteiger partial charge in [0.15, 0.2) is 6.61 Å². The number of esters is 1. The molecule has 1 aliphatic heterocycles. The number of sulfone groups is 1. The molecule has 1 fully saturated rings. The average Bonchev–Trinajstić information content (AvgIpc) is 2.59. The van der Waals surface area contributed by atoms with Crippen molar-refractivity contribution in [3.63, 3.8) is 0 Å². The van der Waals surface area contributed by atoms with Crippen LogP contribution in [0, 0.1) is 0 Å². The van der Waals surface area contributed by atoms with E-state index in [0.29, 0.717) is 13.1 Å². The number of carbonyl (C=O) groups excluding carboxylic acids is 2. The number of ether oxygens (including phenoxy) is 1. The summed E-state index contributed by atoms with van der Waals surface area (Å²) in [6.07, 6.45) is 5.13. The third kappa shape index (κ3) is 5.23. The van der Waals surface area contributed by atoms with E-state index in [1.165, 1.54) is 0 Å². The van der Waals surface area contributed by atoms with E-state index in [1.54, 1.807) is 4.90 Å². The number of carbonyl (C=O) groups is 2. The fraction of sp³-hybridized carbons (Fsp3) is 0.529. The Morgan fingerprint density at radius 3 is 2.08 bits per heavy atom. The van der Waals surface area contributed by atoms with Crippen LogP contribution in [0.25, 0.3) is 0 Å². The molecule has 0 unspecified atom stereocenters. The fourth-order valence-electron chi connectivity index (χ4n) is 2.68. The molecule has 0 atom stereocenters. The van der Waals surface area contributed by atoms with Crippen LogP contribution in [0.4, 0.5) is 8.78 Å². The molecule has 2 rings (SSSR count). The summed E-state index contributed by atoms with van der Waals surface area (Å²) in [5, 5.41) is 0. The second-order valence-electron chi connectivity index (χ2n) is 6.05. The molecule has 0 saturated carbocycles. The van der Waals surface area contributed by atoms with Gasteiger partial charge in [-0.1, -0.05) is 19.3 Å². The van der Waals surface area contributed by atoms with E-state index in [4.69, 9.17) is 4.74 Å². The molecule has 9 heteroatoms. The largest absolute Gasteiger partial charge is 0.452 e. The van der Waals surface area contributed by atoms with E-state index in [0.717, 1.165) is 56.4 Å². The van der Waals surface area contributed by atoms with Gasteiger partial charge in [0.2, 0.25) is 9.84 Å². The lowest BCUT2D eigenvalue weighted by Gasteiger charge is -2.24. The molecule has 0 spiro atoms. The van der Waals surface area contributed by atoms with Crippen molar-refractivity contribution in [3.8, 4) is 0 Å². The normalized spacial score (nSPS) is 16.0. The minimum Gasteiger partial charge on any atom is -0.452 e. The molecule has 1 aliphatic rings. The molecule has 0 N–H and O–H groups in total. The van der Waals surface area contributed by atoms with Gasteiger partial charge in [0.25, 0.3) is 5.91 Å². The maximum atomic E-state index is 12.5. The van der Waals surface area contributed by atoms with Crippen molar-refractivity contribution in [3.05, 3.63) is 29.8 Å². The van der Waals surface area contributed by atoms with Crippen LogP contribution in [0.3, 0.4) is 0 Å². The molecule has 0 aliphatic carbocycles. The molecule has 1 amide bonds. The summed E-state index contributed by atoms with van der Waals surface area (Å²) in [4.78, 5) is 25.2. The highest BCUT2D eigenvalue weighted by Gasteiger charge is 2.26. The predicted octanol–water partition coefficient (Wildman–Crippen LogP) is 2.63. The van der Waals surface area contributed by atoms with Gasteiger partial charge in [-0.25, -0.2) is 13.2 Å². The Kier molecular flexibility index (Phi) is 7.07. The Bertz CT molecular complexity index is 726. The Morgan fingerprint density at radius 2 is 1.54 bits per heavy atom. The smallest absolute Gasteiger partial charge is 0.341 e. The molecule has 0 aromatic heterocycles. The number of amides is 1. The van der Waals surface area contributed by atoms with Gasteiger partial charge in [-0.15, -0.1) is 0 Å². The lowest BCUT2D eigenvalue weighted by Crippen LogP contribution is -2.36. The van der Waals surface area contributed by atoms with Crippen LogP contribution in [0.1, 0.15) is 42.5 Å². The highest BCUT2D eigenvalue weighted by atomic mass is 32.2. The van der Waals surface area contributed by atoms with Gasteiger partial charge in [0.1, 0.15) is 0 Å². The molecule has 26 heavy (non-hydrogen) atoms. The molecule has 0 bridgehead atoms. The number of hydrogen-bond donors (Lipinski definition) is 0. The summed E-state index contributed by atoms with van der Waals surface area (Å²) >= 11 is 0. The van der Waals surface area contributed by atoms with Crippen LogP contribution in [0.15, 0.2) is 29.2 Å². The third-order valence-electron chi connectivity index (χ3n) is 4.19. The maximum Gasteiger partial charge on any atom is 0.341 e. The van der Waals surface area contributed by atoms with Crippen molar-refractivity contribution < 1.29 is 31.5 Å². The quantitative estimate of drug-likeness (QED) is 0.723. The van der Waals surface area contributed by atoms with Gasteiger partial charge in [0, 0.05) is 13.1 Å². The van der Waals surface area contributed by atoms with E-state index in [9.17, 15) is 26.8 Å². The van der Waals surface area contributed by atoms with Gasteiger partial charge >= 0.3 is 11.7 Å². The van der Waals surface area contributed by atoms with E-state index in [1.807, 2.05) is 0 Å². The molecular formula is C17H21F2NO5S. The zero-order valence-electron chi connectivity index (χ0n) is 14.2. The lowest BCUT2D eigenvalue weighted by atomic mass is 10.1. The number of nitrogens with zero attached hydrogens (tertiary/aromatic N) is 1. The van der Waals surface area contributed by atoms with Gasteiger partial charge in [0.05, 0.1) is 10.5 Å². The summed E-state index contributed by atoms with van der Waals surface area (Å²) in [5.74, 6) is -4.63. The highest BCUT2D eigenvalue weighted by molar-refractivity contribution is 7.91. The Balaban J connectivity index is 1.92. The summed E-state index contributed by atoms with van der Waals surface area (Å²) < 4.78 is 52.6. The molecule has 1 saturated heterocycles. The molecule has 1 heterocycles. The number of halogens is 2. The lowest BCUT2D eigenvalue weighted by molar-refractivity contribution is -0.134. The van der Waals surface area contributed by atoms with Crippen LogP contribution in [-0.4, -0.2) is 50.6 Å². The van der Waals surface area contributed by atoms with E-state index < -0.39 is 33.1 Å².